The number of hydrogen-bond acceptors (Lipinski definition) is 4. The molecule has 0 amide bonds. The van der Waals surface area contributed by atoms with Crippen molar-refractivity contribution >= 4 is 43.4 Å². The fraction of sp³-hybridized carbons (Fsp3) is 0.273. The molecule has 106 valence electrons. The number of thioether (sulfide) groups is 1. The van der Waals surface area contributed by atoms with E-state index in [-0.39, 0.29) is 21.6 Å². The normalized spacial score (nSPS) is 11.5. The number of hydrogen-bond donors (Lipinski definition) is 2. The molecule has 8 heteroatoms. The lowest BCUT2D eigenvalue weighted by Gasteiger charge is -2.09. The summed E-state index contributed by atoms with van der Waals surface area (Å²) in [6, 6.07) is 2.13. The number of nitrogen functional groups attached to an aromatic ring is 1. The van der Waals surface area contributed by atoms with Crippen molar-refractivity contribution < 1.29 is 12.8 Å². The van der Waals surface area contributed by atoms with Gasteiger partial charge in [-0.05, 0) is 28.1 Å². The Labute approximate surface area is 124 Å². The number of nitrogens with one attached hydrogen (secondary N) is 1. The van der Waals surface area contributed by atoms with Gasteiger partial charge in [0.1, 0.15) is 10.7 Å². The molecule has 0 aliphatic rings. The molecular formula is C11H14BrFN2O2S2. The van der Waals surface area contributed by atoms with Crippen LogP contribution < -0.4 is 10.5 Å². The van der Waals surface area contributed by atoms with Gasteiger partial charge in [-0.15, -0.1) is 6.58 Å². The van der Waals surface area contributed by atoms with Crippen molar-refractivity contribution in [3.05, 3.63) is 35.1 Å². The molecular weight excluding hydrogens is 355 g/mol. The van der Waals surface area contributed by atoms with E-state index < -0.39 is 15.8 Å². The van der Waals surface area contributed by atoms with Crippen LogP contribution >= 0.6 is 27.7 Å². The molecule has 0 spiro atoms. The highest BCUT2D eigenvalue weighted by Gasteiger charge is 2.19. The van der Waals surface area contributed by atoms with E-state index in [4.69, 9.17) is 5.73 Å². The highest BCUT2D eigenvalue weighted by molar-refractivity contribution is 9.10. The zero-order chi connectivity index (χ0) is 14.5. The Bertz CT molecular complexity index is 564. The second-order valence-electron chi connectivity index (χ2n) is 3.57. The second kappa shape index (κ2) is 7.28. The summed E-state index contributed by atoms with van der Waals surface area (Å²) in [7, 11) is -3.73. The summed E-state index contributed by atoms with van der Waals surface area (Å²) in [6.45, 7) is 3.84. The molecule has 1 rings (SSSR count). The number of rotatable bonds is 7. The molecule has 0 bridgehead atoms. The van der Waals surface area contributed by atoms with Gasteiger partial charge in [-0.25, -0.2) is 17.5 Å². The third kappa shape index (κ3) is 4.79. The molecule has 1 aromatic rings. The predicted octanol–water partition coefficient (Wildman–Crippen LogP) is 2.37. The van der Waals surface area contributed by atoms with Crippen molar-refractivity contribution in [2.24, 2.45) is 0 Å². The van der Waals surface area contributed by atoms with E-state index in [1.165, 1.54) is 0 Å². The van der Waals surface area contributed by atoms with Crippen LogP contribution in [0.5, 0.6) is 0 Å². The lowest BCUT2D eigenvalue weighted by atomic mass is 10.3. The third-order valence-electron chi connectivity index (χ3n) is 2.12. The van der Waals surface area contributed by atoms with E-state index in [9.17, 15) is 12.8 Å². The van der Waals surface area contributed by atoms with Crippen LogP contribution in [-0.4, -0.2) is 26.5 Å². The second-order valence-corrected chi connectivity index (χ2v) is 7.31. The molecule has 19 heavy (non-hydrogen) atoms. The average Bonchev–Trinajstić information content (AvgIpc) is 2.33. The SMILES string of the molecule is C=CCSCCNS(=O)(=O)c1cc(Br)c(F)cc1N. The number of anilines is 1. The largest absolute Gasteiger partial charge is 0.398 e. The van der Waals surface area contributed by atoms with Crippen molar-refractivity contribution in [1.29, 1.82) is 0 Å². The van der Waals surface area contributed by atoms with Crippen molar-refractivity contribution in [2.75, 3.05) is 23.8 Å². The van der Waals surface area contributed by atoms with Gasteiger partial charge in [0.05, 0.1) is 10.2 Å². The summed E-state index contributed by atoms with van der Waals surface area (Å²) in [6.07, 6.45) is 1.74. The van der Waals surface area contributed by atoms with E-state index in [0.717, 1.165) is 17.9 Å². The first-order valence-electron chi connectivity index (χ1n) is 5.31. The molecule has 0 atom stereocenters. The quantitative estimate of drug-likeness (QED) is 0.440. The fourth-order valence-corrected chi connectivity index (χ4v) is 3.64. The summed E-state index contributed by atoms with van der Waals surface area (Å²) >= 11 is 4.49. The van der Waals surface area contributed by atoms with Gasteiger partial charge in [0.25, 0.3) is 0 Å². The Hall–Kier alpha value is -0.570. The maximum absolute atomic E-state index is 13.2. The average molecular weight is 369 g/mol. The highest BCUT2D eigenvalue weighted by atomic mass is 79.9. The summed E-state index contributed by atoms with van der Waals surface area (Å²) in [5.74, 6) is 0.775. The Morgan fingerprint density at radius 3 is 2.84 bits per heavy atom. The topological polar surface area (TPSA) is 72.2 Å². The fourth-order valence-electron chi connectivity index (χ4n) is 1.27. The van der Waals surface area contributed by atoms with Gasteiger partial charge in [0, 0.05) is 18.1 Å². The lowest BCUT2D eigenvalue weighted by molar-refractivity contribution is 0.583. The molecule has 0 aromatic heterocycles. The van der Waals surface area contributed by atoms with Gasteiger partial charge in [-0.1, -0.05) is 6.08 Å². The van der Waals surface area contributed by atoms with Crippen LogP contribution in [0, 0.1) is 5.82 Å². The smallest absolute Gasteiger partial charge is 0.242 e. The van der Waals surface area contributed by atoms with Crippen molar-refractivity contribution in [3.8, 4) is 0 Å². The Morgan fingerprint density at radius 1 is 1.53 bits per heavy atom. The number of sulfonamides is 1. The predicted molar refractivity (Wildman–Crippen MR) is 81.2 cm³/mol. The van der Waals surface area contributed by atoms with Crippen LogP contribution in [0.25, 0.3) is 0 Å². The number of nitrogens with two attached hydrogens (primary N) is 1. The zero-order valence-electron chi connectivity index (χ0n) is 10.0. The summed E-state index contributed by atoms with van der Waals surface area (Å²) < 4.78 is 39.6. The summed E-state index contributed by atoms with van der Waals surface area (Å²) in [4.78, 5) is -0.130. The maximum atomic E-state index is 13.2. The first-order valence-corrected chi connectivity index (χ1v) is 8.74. The number of halogens is 2. The molecule has 0 aliphatic heterocycles. The molecule has 0 saturated carbocycles. The highest BCUT2D eigenvalue weighted by Crippen LogP contribution is 2.25. The van der Waals surface area contributed by atoms with E-state index in [1.54, 1.807) is 17.8 Å². The standard InChI is InChI=1S/C11H14BrFN2O2S2/c1-2-4-18-5-3-15-19(16,17)11-6-8(12)9(13)7-10(11)14/h2,6-7,15H,1,3-5,14H2. The van der Waals surface area contributed by atoms with Crippen LogP contribution in [0.15, 0.2) is 34.2 Å². The molecule has 1 aromatic carbocycles. The minimum atomic E-state index is -3.73. The molecule has 0 saturated heterocycles. The Kier molecular flexibility index (Phi) is 6.31. The van der Waals surface area contributed by atoms with Crippen LogP contribution in [0.3, 0.4) is 0 Å². The van der Waals surface area contributed by atoms with Gasteiger partial charge >= 0.3 is 0 Å². The summed E-state index contributed by atoms with van der Waals surface area (Å²) in [5.41, 5.74) is 5.41. The maximum Gasteiger partial charge on any atom is 0.242 e. The molecule has 4 nitrogen and oxygen atoms in total. The van der Waals surface area contributed by atoms with Crippen LogP contribution in [0.4, 0.5) is 10.1 Å². The minimum Gasteiger partial charge on any atom is -0.398 e. The van der Waals surface area contributed by atoms with E-state index in [2.05, 4.69) is 27.2 Å². The molecule has 0 unspecified atom stereocenters. The van der Waals surface area contributed by atoms with Crippen molar-refractivity contribution in [1.82, 2.24) is 4.72 Å². The molecule has 3 N–H and O–H groups in total. The molecule has 0 heterocycles. The first kappa shape index (κ1) is 16.5. The van der Waals surface area contributed by atoms with Gasteiger partial charge in [-0.2, -0.15) is 11.8 Å². The molecule has 0 aliphatic carbocycles. The number of benzene rings is 1. The van der Waals surface area contributed by atoms with E-state index >= 15 is 0 Å². The zero-order valence-corrected chi connectivity index (χ0v) is 13.2. The minimum absolute atomic E-state index is 0.0584. The molecule has 0 fully saturated rings. The van der Waals surface area contributed by atoms with Gasteiger partial charge < -0.3 is 5.73 Å². The Balaban J connectivity index is 2.77. The third-order valence-corrected chi connectivity index (χ3v) is 5.21. The van der Waals surface area contributed by atoms with E-state index in [1.807, 2.05) is 0 Å². The van der Waals surface area contributed by atoms with Gasteiger partial charge in [0.15, 0.2) is 0 Å². The van der Waals surface area contributed by atoms with Crippen LogP contribution in [0.2, 0.25) is 0 Å². The van der Waals surface area contributed by atoms with Gasteiger partial charge in [-0.3, -0.25) is 0 Å². The first-order chi connectivity index (χ1) is 8.88. The van der Waals surface area contributed by atoms with Crippen LogP contribution in [-0.2, 0) is 10.0 Å². The van der Waals surface area contributed by atoms with E-state index in [0.29, 0.717) is 5.75 Å². The molecule has 0 radical (unpaired) electrons. The monoisotopic (exact) mass is 368 g/mol. The Morgan fingerprint density at radius 2 is 2.21 bits per heavy atom. The summed E-state index contributed by atoms with van der Waals surface area (Å²) in [5, 5.41) is 0. The van der Waals surface area contributed by atoms with Gasteiger partial charge in [0.2, 0.25) is 10.0 Å². The lowest BCUT2D eigenvalue weighted by Crippen LogP contribution is -2.27. The van der Waals surface area contributed by atoms with Crippen molar-refractivity contribution in [2.45, 2.75) is 4.90 Å². The van der Waals surface area contributed by atoms with Crippen LogP contribution in [0.1, 0.15) is 0 Å². The van der Waals surface area contributed by atoms with Crippen molar-refractivity contribution in [3.63, 3.8) is 0 Å².